The number of nitrogens with one attached hydrogen (secondary N) is 2. The van der Waals surface area contributed by atoms with Gasteiger partial charge in [-0.05, 0) is 46.6 Å². The number of hydrogen-bond acceptors (Lipinski definition) is 3. The van der Waals surface area contributed by atoms with Gasteiger partial charge in [-0.3, -0.25) is 4.79 Å². The van der Waals surface area contributed by atoms with Crippen molar-refractivity contribution < 1.29 is 4.79 Å². The minimum absolute atomic E-state index is 0.0701. The molecule has 1 aliphatic heterocycles. The molecule has 88 valence electrons. The molecule has 4 N–H and O–H groups in total. The molecule has 0 aromatic heterocycles. The Labute approximate surface area is 92.0 Å². The van der Waals surface area contributed by atoms with E-state index in [1.807, 2.05) is 20.8 Å². The second-order valence-electron chi connectivity index (χ2n) is 5.39. The molecule has 0 aromatic carbocycles. The molecule has 0 aliphatic carbocycles. The molecule has 1 unspecified atom stereocenters. The predicted molar refractivity (Wildman–Crippen MR) is 61.5 cm³/mol. The molecule has 0 aromatic rings. The Morgan fingerprint density at radius 3 is 2.67 bits per heavy atom. The van der Waals surface area contributed by atoms with Gasteiger partial charge in [-0.15, -0.1) is 0 Å². The lowest BCUT2D eigenvalue weighted by Crippen LogP contribution is -2.59. The third kappa shape index (κ3) is 3.80. The van der Waals surface area contributed by atoms with Crippen LogP contribution in [0.5, 0.6) is 0 Å². The summed E-state index contributed by atoms with van der Waals surface area (Å²) < 4.78 is 0. The molecule has 0 saturated carbocycles. The Morgan fingerprint density at radius 2 is 2.20 bits per heavy atom. The van der Waals surface area contributed by atoms with Gasteiger partial charge in [0.05, 0.1) is 5.54 Å². The summed E-state index contributed by atoms with van der Waals surface area (Å²) in [7, 11) is 0. The van der Waals surface area contributed by atoms with Crippen molar-refractivity contribution in [3.05, 3.63) is 0 Å². The zero-order valence-electron chi connectivity index (χ0n) is 10.0. The smallest absolute Gasteiger partial charge is 0.240 e. The Hall–Kier alpha value is -0.610. The first-order chi connectivity index (χ1) is 6.83. The van der Waals surface area contributed by atoms with E-state index in [0.29, 0.717) is 6.54 Å². The van der Waals surface area contributed by atoms with Gasteiger partial charge in [-0.1, -0.05) is 0 Å². The molecule has 15 heavy (non-hydrogen) atoms. The zero-order chi connectivity index (χ0) is 11.5. The third-order valence-electron chi connectivity index (χ3n) is 2.82. The maximum atomic E-state index is 11.9. The largest absolute Gasteiger partial charge is 0.353 e. The first-order valence-electron chi connectivity index (χ1n) is 5.66. The number of hydrogen-bond donors (Lipinski definition) is 3. The van der Waals surface area contributed by atoms with Crippen LogP contribution in [0.3, 0.4) is 0 Å². The molecule has 0 spiro atoms. The molecule has 1 saturated heterocycles. The average molecular weight is 213 g/mol. The highest BCUT2D eigenvalue weighted by Crippen LogP contribution is 2.18. The van der Waals surface area contributed by atoms with E-state index in [4.69, 9.17) is 5.73 Å². The normalized spacial score (nSPS) is 27.5. The number of rotatable bonds is 3. The quantitative estimate of drug-likeness (QED) is 0.634. The van der Waals surface area contributed by atoms with Gasteiger partial charge in [0.1, 0.15) is 0 Å². The summed E-state index contributed by atoms with van der Waals surface area (Å²) >= 11 is 0. The highest BCUT2D eigenvalue weighted by Gasteiger charge is 2.34. The van der Waals surface area contributed by atoms with Crippen LogP contribution >= 0.6 is 0 Å². The van der Waals surface area contributed by atoms with Gasteiger partial charge in [0, 0.05) is 12.1 Å². The second-order valence-corrected chi connectivity index (χ2v) is 5.39. The molecule has 4 heteroatoms. The van der Waals surface area contributed by atoms with E-state index in [-0.39, 0.29) is 11.4 Å². The van der Waals surface area contributed by atoms with Gasteiger partial charge < -0.3 is 16.4 Å². The Kier molecular flexibility index (Phi) is 3.73. The molecular weight excluding hydrogens is 190 g/mol. The Balaban J connectivity index is 2.45. The maximum absolute atomic E-state index is 11.9. The standard InChI is InChI=1S/C11H23N3O/c1-10(2,12)8-13-9(15)11(3)6-4-5-7-14-11/h14H,4-8,12H2,1-3H3,(H,13,15). The van der Waals surface area contributed by atoms with Gasteiger partial charge in [0.15, 0.2) is 0 Å². The maximum Gasteiger partial charge on any atom is 0.240 e. The van der Waals surface area contributed by atoms with Crippen LogP contribution in [0.1, 0.15) is 40.0 Å². The van der Waals surface area contributed by atoms with Crippen molar-refractivity contribution in [2.45, 2.75) is 51.1 Å². The van der Waals surface area contributed by atoms with Crippen LogP contribution in [-0.2, 0) is 4.79 Å². The highest BCUT2D eigenvalue weighted by atomic mass is 16.2. The van der Waals surface area contributed by atoms with Crippen molar-refractivity contribution in [3.63, 3.8) is 0 Å². The summed E-state index contributed by atoms with van der Waals surface area (Å²) in [6.07, 6.45) is 3.18. The van der Waals surface area contributed by atoms with E-state index < -0.39 is 5.54 Å². The lowest BCUT2D eigenvalue weighted by atomic mass is 9.90. The second kappa shape index (κ2) is 4.49. The van der Waals surface area contributed by atoms with E-state index in [9.17, 15) is 4.79 Å². The Bertz CT molecular complexity index is 226. The molecule has 1 amide bonds. The first-order valence-corrected chi connectivity index (χ1v) is 5.66. The third-order valence-corrected chi connectivity index (χ3v) is 2.82. The van der Waals surface area contributed by atoms with E-state index in [0.717, 1.165) is 25.8 Å². The predicted octanol–water partition coefficient (Wildman–Crippen LogP) is 0.372. The fourth-order valence-corrected chi connectivity index (χ4v) is 1.75. The van der Waals surface area contributed by atoms with Crippen LogP contribution in [0.2, 0.25) is 0 Å². The fourth-order valence-electron chi connectivity index (χ4n) is 1.75. The molecule has 1 fully saturated rings. The number of amides is 1. The summed E-state index contributed by atoms with van der Waals surface area (Å²) in [6.45, 7) is 7.22. The van der Waals surface area contributed by atoms with Gasteiger partial charge in [0.2, 0.25) is 5.91 Å². The van der Waals surface area contributed by atoms with E-state index in [2.05, 4.69) is 10.6 Å². The zero-order valence-corrected chi connectivity index (χ0v) is 10.0. The van der Waals surface area contributed by atoms with Crippen molar-refractivity contribution in [1.82, 2.24) is 10.6 Å². The Morgan fingerprint density at radius 1 is 1.53 bits per heavy atom. The molecular formula is C11H23N3O. The molecule has 0 radical (unpaired) electrons. The lowest BCUT2D eigenvalue weighted by Gasteiger charge is -2.34. The van der Waals surface area contributed by atoms with Crippen LogP contribution in [-0.4, -0.2) is 30.1 Å². The average Bonchev–Trinajstić information content (AvgIpc) is 2.14. The van der Waals surface area contributed by atoms with Gasteiger partial charge in [-0.2, -0.15) is 0 Å². The van der Waals surface area contributed by atoms with E-state index >= 15 is 0 Å². The number of piperidine rings is 1. The summed E-state index contributed by atoms with van der Waals surface area (Å²) in [6, 6.07) is 0. The molecule has 4 nitrogen and oxygen atoms in total. The van der Waals surface area contributed by atoms with Gasteiger partial charge in [0.25, 0.3) is 0 Å². The van der Waals surface area contributed by atoms with Crippen molar-refractivity contribution in [3.8, 4) is 0 Å². The van der Waals surface area contributed by atoms with Crippen LogP contribution in [0.4, 0.5) is 0 Å². The van der Waals surface area contributed by atoms with Crippen molar-refractivity contribution in [2.75, 3.05) is 13.1 Å². The first kappa shape index (κ1) is 12.5. The van der Waals surface area contributed by atoms with Crippen LogP contribution in [0.25, 0.3) is 0 Å². The minimum Gasteiger partial charge on any atom is -0.353 e. The van der Waals surface area contributed by atoms with Crippen LogP contribution in [0.15, 0.2) is 0 Å². The minimum atomic E-state index is -0.399. The lowest BCUT2D eigenvalue weighted by molar-refractivity contribution is -0.128. The molecule has 1 atom stereocenters. The number of carbonyl (C=O) groups is 1. The summed E-state index contributed by atoms with van der Waals surface area (Å²) in [5, 5.41) is 6.19. The monoisotopic (exact) mass is 213 g/mol. The number of carbonyl (C=O) groups excluding carboxylic acids is 1. The van der Waals surface area contributed by atoms with Gasteiger partial charge in [-0.25, -0.2) is 0 Å². The SMILES string of the molecule is CC(C)(N)CNC(=O)C1(C)CCCCN1. The van der Waals surface area contributed by atoms with Gasteiger partial charge >= 0.3 is 0 Å². The molecule has 1 rings (SSSR count). The highest BCUT2D eigenvalue weighted by molar-refractivity contribution is 5.86. The number of nitrogens with two attached hydrogens (primary N) is 1. The van der Waals surface area contributed by atoms with Crippen molar-refractivity contribution >= 4 is 5.91 Å². The van der Waals surface area contributed by atoms with Crippen molar-refractivity contribution in [2.24, 2.45) is 5.73 Å². The fraction of sp³-hybridized carbons (Fsp3) is 0.909. The van der Waals surface area contributed by atoms with Crippen molar-refractivity contribution in [1.29, 1.82) is 0 Å². The van der Waals surface area contributed by atoms with E-state index in [1.165, 1.54) is 0 Å². The summed E-state index contributed by atoms with van der Waals surface area (Å²) in [5.41, 5.74) is 5.08. The molecule has 1 heterocycles. The van der Waals surface area contributed by atoms with Crippen LogP contribution < -0.4 is 16.4 Å². The summed E-state index contributed by atoms with van der Waals surface area (Å²) in [5.74, 6) is 0.0701. The summed E-state index contributed by atoms with van der Waals surface area (Å²) in [4.78, 5) is 11.9. The molecule has 0 bridgehead atoms. The topological polar surface area (TPSA) is 67.1 Å². The van der Waals surface area contributed by atoms with E-state index in [1.54, 1.807) is 0 Å². The molecule has 1 aliphatic rings. The van der Waals surface area contributed by atoms with Crippen LogP contribution in [0, 0.1) is 0 Å².